The molecule has 0 spiro atoms. The average Bonchev–Trinajstić information content (AvgIpc) is 3.88. The summed E-state index contributed by atoms with van der Waals surface area (Å²) in [5.74, 6) is -6.22. The number of carbonyl (C=O) groups excluding carboxylic acids is 9. The van der Waals surface area contributed by atoms with Crippen molar-refractivity contribution in [2.45, 2.75) is 121 Å². The second kappa shape index (κ2) is 20.8. The molecule has 21 nitrogen and oxygen atoms in total. The van der Waals surface area contributed by atoms with E-state index < -0.39 is 139 Å². The third-order valence-corrected chi connectivity index (χ3v) is 11.3. The third-order valence-electron chi connectivity index (χ3n) is 11.3. The van der Waals surface area contributed by atoms with E-state index in [2.05, 4.69) is 16.0 Å². The summed E-state index contributed by atoms with van der Waals surface area (Å²) in [6.07, 6.45) is -9.72. The van der Waals surface area contributed by atoms with Gasteiger partial charge in [0.25, 0.3) is 0 Å². The summed E-state index contributed by atoms with van der Waals surface area (Å²) in [6, 6.07) is 16.2. The van der Waals surface area contributed by atoms with Crippen molar-refractivity contribution in [2.75, 3.05) is 0 Å². The van der Waals surface area contributed by atoms with Crippen LogP contribution in [0.25, 0.3) is 0 Å². The molecule has 3 aliphatic rings. The maximum Gasteiger partial charge on any atom is 0.417 e. The first-order valence-corrected chi connectivity index (χ1v) is 21.7. The minimum atomic E-state index is -1.64. The summed E-state index contributed by atoms with van der Waals surface area (Å²) >= 11 is 0. The highest BCUT2D eigenvalue weighted by molar-refractivity contribution is 6.03. The Morgan fingerprint density at radius 3 is 1.13 bits per heavy atom. The van der Waals surface area contributed by atoms with Gasteiger partial charge < -0.3 is 40.0 Å². The lowest BCUT2D eigenvalue weighted by molar-refractivity contribution is -0.147. The van der Waals surface area contributed by atoms with E-state index in [1.54, 1.807) is 112 Å². The number of cyclic esters (lactones) is 3. The lowest BCUT2D eigenvalue weighted by Crippen LogP contribution is -2.53. The van der Waals surface area contributed by atoms with E-state index in [-0.39, 0.29) is 0 Å². The van der Waals surface area contributed by atoms with Gasteiger partial charge in [0.2, 0.25) is 29.5 Å². The number of alkyl carbamates (subject to hydrolysis) is 1. The molecule has 0 bridgehead atoms. The summed E-state index contributed by atoms with van der Waals surface area (Å²) in [7, 11) is 0. The molecule has 3 fully saturated rings. The number of carboxylic acid groups (broad SMARTS) is 1. The number of hydrogen-bond donors (Lipinski definition) is 4. The molecule has 6 rings (SSSR count). The molecule has 3 saturated heterocycles. The van der Waals surface area contributed by atoms with Gasteiger partial charge >= 0.3 is 30.3 Å². The molecule has 9 amide bonds. The largest absolute Gasteiger partial charge is 0.480 e. The quantitative estimate of drug-likeness (QED) is 0.154. The number of carboxylic acids is 1. The Hall–Kier alpha value is -7.84. The van der Waals surface area contributed by atoms with Crippen LogP contribution >= 0.6 is 0 Å². The number of benzene rings is 3. The lowest BCUT2D eigenvalue weighted by Gasteiger charge is -2.28. The summed E-state index contributed by atoms with van der Waals surface area (Å²) in [6.45, 7) is 9.07. The molecule has 68 heavy (non-hydrogen) atoms. The number of ether oxygens (including phenoxy) is 4. The highest BCUT2D eigenvalue weighted by Gasteiger charge is 2.52. The lowest BCUT2D eigenvalue weighted by atomic mass is 9.99. The second-order valence-corrected chi connectivity index (χ2v) is 17.4. The van der Waals surface area contributed by atoms with Crippen LogP contribution in [0.2, 0.25) is 0 Å². The number of nitrogens with one attached hydrogen (secondary N) is 3. The molecule has 0 unspecified atom stereocenters. The van der Waals surface area contributed by atoms with Gasteiger partial charge in [0.15, 0.2) is 18.1 Å². The predicted molar refractivity (Wildman–Crippen MR) is 234 cm³/mol. The first-order valence-electron chi connectivity index (χ1n) is 21.7. The second-order valence-electron chi connectivity index (χ2n) is 17.4. The summed E-state index contributed by atoms with van der Waals surface area (Å²) < 4.78 is 21.1. The zero-order valence-electron chi connectivity index (χ0n) is 38.0. The van der Waals surface area contributed by atoms with Crippen molar-refractivity contribution in [3.63, 3.8) is 0 Å². The Balaban J connectivity index is 1.21. The van der Waals surface area contributed by atoms with Gasteiger partial charge in [-0.15, -0.1) is 0 Å². The van der Waals surface area contributed by atoms with Gasteiger partial charge in [0, 0.05) is 0 Å². The monoisotopic (exact) mass is 940 g/mol. The Bertz CT molecular complexity index is 2430. The number of hydrogen-bond acceptors (Lipinski definition) is 14. The molecule has 0 aromatic heterocycles. The Morgan fingerprint density at radius 1 is 0.529 bits per heavy atom. The van der Waals surface area contributed by atoms with Crippen LogP contribution < -0.4 is 16.0 Å². The molecular formula is C47H52N6O15. The fourth-order valence-electron chi connectivity index (χ4n) is 8.15. The van der Waals surface area contributed by atoms with Gasteiger partial charge in [0.1, 0.15) is 23.9 Å². The molecule has 3 heterocycles. The predicted octanol–water partition coefficient (Wildman–Crippen LogP) is 4.43. The summed E-state index contributed by atoms with van der Waals surface area (Å²) in [5, 5.41) is 17.8. The van der Waals surface area contributed by atoms with E-state index in [0.29, 0.717) is 31.4 Å². The summed E-state index contributed by atoms with van der Waals surface area (Å²) in [5.41, 5.74) is 0.337. The Kier molecular flexibility index (Phi) is 15.1. The van der Waals surface area contributed by atoms with Crippen molar-refractivity contribution in [2.24, 2.45) is 0 Å². The molecule has 3 aromatic rings. The zero-order valence-corrected chi connectivity index (χ0v) is 38.0. The van der Waals surface area contributed by atoms with Crippen LogP contribution in [-0.4, -0.2) is 122 Å². The minimum absolute atomic E-state index is 0.356. The van der Waals surface area contributed by atoms with E-state index in [1.807, 2.05) is 0 Å². The van der Waals surface area contributed by atoms with E-state index in [0.717, 1.165) is 0 Å². The van der Waals surface area contributed by atoms with Gasteiger partial charge in [-0.25, -0.2) is 38.7 Å². The third kappa shape index (κ3) is 11.4. The molecule has 9 atom stereocenters. The van der Waals surface area contributed by atoms with E-state index in [9.17, 15) is 53.1 Å². The first-order chi connectivity index (χ1) is 32.1. The van der Waals surface area contributed by atoms with Gasteiger partial charge in [-0.1, -0.05) is 91.0 Å². The molecule has 4 N–H and O–H groups in total. The van der Waals surface area contributed by atoms with Crippen molar-refractivity contribution in [3.8, 4) is 0 Å². The fraction of sp³-hybridized carbons (Fsp3) is 0.404. The van der Waals surface area contributed by atoms with Crippen LogP contribution in [0.15, 0.2) is 91.0 Å². The summed E-state index contributed by atoms with van der Waals surface area (Å²) in [4.78, 5) is 136. The van der Waals surface area contributed by atoms with E-state index in [1.165, 1.54) is 20.8 Å². The number of amides is 9. The molecule has 0 aliphatic carbocycles. The fourth-order valence-corrected chi connectivity index (χ4v) is 8.15. The van der Waals surface area contributed by atoms with Crippen LogP contribution in [0.5, 0.6) is 0 Å². The molecule has 0 radical (unpaired) electrons. The van der Waals surface area contributed by atoms with Gasteiger partial charge in [-0.2, -0.15) is 0 Å². The van der Waals surface area contributed by atoms with Crippen molar-refractivity contribution in [3.05, 3.63) is 108 Å². The number of nitrogens with zero attached hydrogens (tertiary/aromatic N) is 3. The number of carbonyl (C=O) groups is 10. The SMILES string of the molecule is C[C@@H]1OC(=O)N(C(=O)C[C@H](NC(=O)[C@H]2[C@H](C)OC(=O)N2C(=O)C[C@H](NC(=O)[C@H]2[C@H](C)OC(=O)N2C(=O)C[C@H](NC(=O)OC(C)(C)C)c2ccccc2)c2ccccc2)c2ccccc2)[C@H]1C(=O)O. The van der Waals surface area contributed by atoms with Crippen LogP contribution in [0.4, 0.5) is 19.2 Å². The van der Waals surface area contributed by atoms with Crippen molar-refractivity contribution in [1.82, 2.24) is 30.7 Å². The molecule has 3 aromatic carbocycles. The smallest absolute Gasteiger partial charge is 0.417 e. The maximum absolute atomic E-state index is 14.3. The number of rotatable bonds is 15. The van der Waals surface area contributed by atoms with Gasteiger partial charge in [-0.05, 0) is 58.2 Å². The molecule has 3 aliphatic heterocycles. The van der Waals surface area contributed by atoms with Crippen LogP contribution in [0, 0.1) is 0 Å². The Morgan fingerprint density at radius 2 is 0.824 bits per heavy atom. The molecule has 21 heteroatoms. The minimum Gasteiger partial charge on any atom is -0.480 e. The highest BCUT2D eigenvalue weighted by atomic mass is 16.6. The normalized spacial score (nSPS) is 22.5. The zero-order chi connectivity index (χ0) is 49.6. The maximum atomic E-state index is 14.3. The average molecular weight is 941 g/mol. The topological polar surface area (TPSA) is 274 Å². The van der Waals surface area contributed by atoms with Crippen molar-refractivity contribution >= 4 is 59.9 Å². The molecular weight excluding hydrogens is 889 g/mol. The van der Waals surface area contributed by atoms with Crippen LogP contribution in [0.3, 0.4) is 0 Å². The molecule has 360 valence electrons. The standard InChI is InChI=1S/C47H52N6O15/c1-25-37(40(57)49-32(29-18-12-8-13-19-29)23-36(56)53-39(42(59)60)27(3)67-46(53)64)51(44(62)65-25)34(54)22-31(28-16-10-7-11-17-28)48-41(58)38-26(2)66-45(63)52(38)35(55)24-33(30-20-14-9-15-21-30)50-43(61)68-47(4,5)6/h7-21,25-27,31-33,37-39H,22-24H2,1-6H3,(H,48,58)(H,49,57)(H,50,61)(H,59,60)/t25-,26-,27-,31-,32-,33-,37+,38+,39+/m0/s1. The van der Waals surface area contributed by atoms with E-state index in [4.69, 9.17) is 18.9 Å². The van der Waals surface area contributed by atoms with Crippen molar-refractivity contribution < 1.29 is 72.0 Å². The van der Waals surface area contributed by atoms with Gasteiger partial charge in [-0.3, -0.25) is 24.0 Å². The van der Waals surface area contributed by atoms with Crippen LogP contribution in [0.1, 0.15) is 95.6 Å². The van der Waals surface area contributed by atoms with Crippen molar-refractivity contribution in [1.29, 1.82) is 0 Å². The number of aliphatic carboxylic acids is 1. The first kappa shape index (κ1) is 49.6. The van der Waals surface area contributed by atoms with Gasteiger partial charge in [0.05, 0.1) is 37.4 Å². The Labute approximate surface area is 390 Å². The number of imide groups is 3. The molecule has 0 saturated carbocycles. The van der Waals surface area contributed by atoms with Crippen LogP contribution in [-0.2, 0) is 47.7 Å². The van der Waals surface area contributed by atoms with E-state index >= 15 is 0 Å². The highest BCUT2D eigenvalue weighted by Crippen LogP contribution is 2.30.